The Kier molecular flexibility index (Phi) is 3.68. The molecular formula is C12H20N2O2S. The standard InChI is InChI=1S/C12H20N2O2S/c13-10(17)12(5-6-12)11(16)14(7-2-8-15)9-3-1-4-9/h9,15H,1-8H2,(H2,13,17). The minimum absolute atomic E-state index is 0.100. The summed E-state index contributed by atoms with van der Waals surface area (Å²) in [6.45, 7) is 0.751. The van der Waals surface area contributed by atoms with E-state index in [2.05, 4.69) is 0 Å². The molecule has 3 N–H and O–H groups in total. The van der Waals surface area contributed by atoms with Gasteiger partial charge in [-0.1, -0.05) is 12.2 Å². The lowest BCUT2D eigenvalue weighted by molar-refractivity contribution is -0.138. The average molecular weight is 256 g/mol. The van der Waals surface area contributed by atoms with Crippen molar-refractivity contribution >= 4 is 23.1 Å². The average Bonchev–Trinajstić information content (AvgIpc) is 3.01. The molecule has 2 aliphatic carbocycles. The highest BCUT2D eigenvalue weighted by Gasteiger charge is 2.55. The number of rotatable bonds is 6. The van der Waals surface area contributed by atoms with Crippen LogP contribution in [0.4, 0.5) is 0 Å². The first-order valence-corrected chi connectivity index (χ1v) is 6.74. The minimum atomic E-state index is -0.541. The van der Waals surface area contributed by atoms with Crippen molar-refractivity contribution < 1.29 is 9.90 Å². The van der Waals surface area contributed by atoms with Gasteiger partial charge >= 0.3 is 0 Å². The number of hydrogen-bond acceptors (Lipinski definition) is 3. The third-order valence-corrected chi connectivity index (χ3v) is 4.36. The molecular weight excluding hydrogens is 236 g/mol. The molecule has 0 bridgehead atoms. The fraction of sp³-hybridized carbons (Fsp3) is 0.833. The lowest BCUT2D eigenvalue weighted by atomic mass is 9.89. The molecule has 0 aromatic carbocycles. The Morgan fingerprint density at radius 3 is 2.47 bits per heavy atom. The molecule has 4 nitrogen and oxygen atoms in total. The zero-order valence-electron chi connectivity index (χ0n) is 10.0. The quantitative estimate of drug-likeness (QED) is 0.690. The van der Waals surface area contributed by atoms with Gasteiger partial charge in [0, 0.05) is 19.2 Å². The summed E-state index contributed by atoms with van der Waals surface area (Å²) in [5.74, 6) is 0.100. The smallest absolute Gasteiger partial charge is 0.235 e. The van der Waals surface area contributed by atoms with Crippen LogP contribution >= 0.6 is 12.2 Å². The third-order valence-electron chi connectivity index (χ3n) is 3.96. The Hall–Kier alpha value is -0.680. The summed E-state index contributed by atoms with van der Waals surface area (Å²) in [6, 6.07) is 0.348. The van der Waals surface area contributed by atoms with Gasteiger partial charge in [-0.25, -0.2) is 0 Å². The van der Waals surface area contributed by atoms with Crippen LogP contribution in [0, 0.1) is 5.41 Å². The molecule has 5 heteroatoms. The molecule has 1 amide bonds. The van der Waals surface area contributed by atoms with Crippen LogP contribution < -0.4 is 5.73 Å². The number of carbonyl (C=O) groups excluding carboxylic acids is 1. The van der Waals surface area contributed by atoms with E-state index in [1.807, 2.05) is 4.90 Å². The van der Waals surface area contributed by atoms with Crippen molar-refractivity contribution in [3.8, 4) is 0 Å². The summed E-state index contributed by atoms with van der Waals surface area (Å²) in [6.07, 6.45) is 5.56. The van der Waals surface area contributed by atoms with Gasteiger partial charge in [0.05, 0.1) is 10.4 Å². The van der Waals surface area contributed by atoms with Crippen molar-refractivity contribution in [2.75, 3.05) is 13.2 Å². The van der Waals surface area contributed by atoms with Crippen LogP contribution in [0.25, 0.3) is 0 Å². The lowest BCUT2D eigenvalue weighted by Gasteiger charge is -2.39. The summed E-state index contributed by atoms with van der Waals surface area (Å²) in [5, 5.41) is 8.91. The Balaban J connectivity index is 2.04. The number of nitrogens with two attached hydrogens (primary N) is 1. The number of carbonyl (C=O) groups is 1. The molecule has 0 aromatic rings. The molecule has 2 saturated carbocycles. The third kappa shape index (κ3) is 2.31. The monoisotopic (exact) mass is 256 g/mol. The molecule has 0 radical (unpaired) electrons. The Morgan fingerprint density at radius 2 is 2.12 bits per heavy atom. The van der Waals surface area contributed by atoms with Crippen molar-refractivity contribution in [3.05, 3.63) is 0 Å². The first-order valence-electron chi connectivity index (χ1n) is 6.33. The molecule has 0 aromatic heterocycles. The van der Waals surface area contributed by atoms with E-state index < -0.39 is 5.41 Å². The summed E-state index contributed by atoms with van der Waals surface area (Å²) >= 11 is 5.02. The van der Waals surface area contributed by atoms with Gasteiger partial charge in [-0.15, -0.1) is 0 Å². The first kappa shape index (κ1) is 12.8. The van der Waals surface area contributed by atoms with Gasteiger partial charge in [-0.3, -0.25) is 4.79 Å². The molecule has 0 saturated heterocycles. The van der Waals surface area contributed by atoms with Gasteiger partial charge < -0.3 is 15.7 Å². The van der Waals surface area contributed by atoms with E-state index in [4.69, 9.17) is 23.1 Å². The van der Waals surface area contributed by atoms with Crippen molar-refractivity contribution in [2.24, 2.45) is 11.1 Å². The van der Waals surface area contributed by atoms with Crippen LogP contribution in [0.3, 0.4) is 0 Å². The normalized spacial score (nSPS) is 21.7. The number of aliphatic hydroxyl groups is 1. The highest BCUT2D eigenvalue weighted by molar-refractivity contribution is 7.80. The second-order valence-corrected chi connectivity index (χ2v) is 5.55. The van der Waals surface area contributed by atoms with Crippen LogP contribution in [-0.2, 0) is 4.79 Å². The number of amides is 1. The lowest BCUT2D eigenvalue weighted by Crippen LogP contribution is -2.50. The van der Waals surface area contributed by atoms with E-state index in [-0.39, 0.29) is 12.5 Å². The van der Waals surface area contributed by atoms with E-state index in [0.717, 1.165) is 25.7 Å². The summed E-state index contributed by atoms with van der Waals surface area (Å²) in [7, 11) is 0. The SMILES string of the molecule is NC(=S)C1(C(=O)N(CCCO)C2CCC2)CC1. The maximum atomic E-state index is 12.5. The predicted molar refractivity (Wildman–Crippen MR) is 69.5 cm³/mol. The maximum Gasteiger partial charge on any atom is 0.235 e. The van der Waals surface area contributed by atoms with Crippen molar-refractivity contribution in [1.29, 1.82) is 0 Å². The Labute approximate surface area is 107 Å². The highest BCUT2D eigenvalue weighted by Crippen LogP contribution is 2.48. The summed E-state index contributed by atoms with van der Waals surface area (Å²) in [4.78, 5) is 14.7. The maximum absolute atomic E-state index is 12.5. The van der Waals surface area contributed by atoms with Gasteiger partial charge in [0.2, 0.25) is 5.91 Å². The Morgan fingerprint density at radius 1 is 1.47 bits per heavy atom. The van der Waals surface area contributed by atoms with Crippen LogP contribution in [0.5, 0.6) is 0 Å². The largest absolute Gasteiger partial charge is 0.396 e. The van der Waals surface area contributed by atoms with E-state index in [1.165, 1.54) is 6.42 Å². The molecule has 96 valence electrons. The van der Waals surface area contributed by atoms with Gasteiger partial charge in [-0.2, -0.15) is 0 Å². The van der Waals surface area contributed by atoms with Crippen molar-refractivity contribution in [3.63, 3.8) is 0 Å². The topological polar surface area (TPSA) is 66.6 Å². The number of thiocarbonyl (C=S) groups is 1. The molecule has 0 aliphatic heterocycles. The molecule has 2 rings (SSSR count). The highest BCUT2D eigenvalue weighted by atomic mass is 32.1. The number of aliphatic hydroxyl groups excluding tert-OH is 1. The number of nitrogens with zero attached hydrogens (tertiary/aromatic N) is 1. The molecule has 2 aliphatic rings. The fourth-order valence-corrected chi connectivity index (χ4v) is 2.65. The first-order chi connectivity index (χ1) is 8.12. The van der Waals surface area contributed by atoms with E-state index in [0.29, 0.717) is 24.0 Å². The van der Waals surface area contributed by atoms with Crippen molar-refractivity contribution in [1.82, 2.24) is 4.90 Å². The fourth-order valence-electron chi connectivity index (χ4n) is 2.35. The van der Waals surface area contributed by atoms with Crippen LogP contribution in [0.1, 0.15) is 38.5 Å². The van der Waals surface area contributed by atoms with Gasteiger partial charge in [0.15, 0.2) is 0 Å². The molecule has 17 heavy (non-hydrogen) atoms. The molecule has 0 heterocycles. The zero-order valence-corrected chi connectivity index (χ0v) is 10.8. The minimum Gasteiger partial charge on any atom is -0.396 e. The number of hydrogen-bond donors (Lipinski definition) is 2. The zero-order chi connectivity index (χ0) is 12.5. The molecule has 0 unspecified atom stereocenters. The van der Waals surface area contributed by atoms with Gasteiger partial charge in [0.1, 0.15) is 0 Å². The summed E-state index contributed by atoms with van der Waals surface area (Å²) < 4.78 is 0. The molecule has 2 fully saturated rings. The molecule has 0 spiro atoms. The summed E-state index contributed by atoms with van der Waals surface area (Å²) in [5.41, 5.74) is 5.15. The van der Waals surface area contributed by atoms with Crippen molar-refractivity contribution in [2.45, 2.75) is 44.6 Å². The van der Waals surface area contributed by atoms with Gasteiger partial charge in [-0.05, 0) is 38.5 Å². The van der Waals surface area contributed by atoms with E-state index >= 15 is 0 Å². The van der Waals surface area contributed by atoms with Crippen LogP contribution in [0.15, 0.2) is 0 Å². The van der Waals surface area contributed by atoms with E-state index in [1.54, 1.807) is 0 Å². The van der Waals surface area contributed by atoms with Crippen LogP contribution in [0.2, 0.25) is 0 Å². The molecule has 0 atom stereocenters. The van der Waals surface area contributed by atoms with Gasteiger partial charge in [0.25, 0.3) is 0 Å². The second-order valence-electron chi connectivity index (χ2n) is 5.11. The van der Waals surface area contributed by atoms with E-state index in [9.17, 15) is 4.79 Å². The predicted octanol–water partition coefficient (Wildman–Crippen LogP) is 0.816. The Bertz CT molecular complexity index is 324. The van der Waals surface area contributed by atoms with Crippen LogP contribution in [-0.4, -0.2) is 40.1 Å². The second kappa shape index (κ2) is 4.90.